The van der Waals surface area contributed by atoms with E-state index in [9.17, 15) is 4.39 Å². The zero-order valence-electron chi connectivity index (χ0n) is 16.6. The predicted molar refractivity (Wildman–Crippen MR) is 109 cm³/mol. The number of pyridine rings is 1. The highest BCUT2D eigenvalue weighted by Crippen LogP contribution is 2.22. The Bertz CT molecular complexity index is 616. The van der Waals surface area contributed by atoms with Crippen molar-refractivity contribution in [1.82, 2.24) is 20.5 Å². The number of hydrogen-bond donors (Lipinski definition) is 2. The molecule has 1 aromatic rings. The van der Waals surface area contributed by atoms with Crippen molar-refractivity contribution in [2.45, 2.75) is 51.1 Å². The Labute approximate surface area is 162 Å². The van der Waals surface area contributed by atoms with Crippen LogP contribution in [0, 0.1) is 5.82 Å². The van der Waals surface area contributed by atoms with Crippen LogP contribution in [0.3, 0.4) is 0 Å². The highest BCUT2D eigenvalue weighted by Gasteiger charge is 2.26. The van der Waals surface area contributed by atoms with Gasteiger partial charge in [0.15, 0.2) is 17.6 Å². The topological polar surface area (TPSA) is 55.8 Å². The second-order valence-electron chi connectivity index (χ2n) is 7.56. The monoisotopic (exact) mass is 376 g/mol. The van der Waals surface area contributed by atoms with Crippen LogP contribution in [0.5, 0.6) is 0 Å². The Morgan fingerprint density at radius 3 is 2.93 bits per heavy atom. The normalized spacial score (nSPS) is 21.3. The Morgan fingerprint density at radius 1 is 1.37 bits per heavy atom. The molecule has 2 aliphatic rings. The van der Waals surface area contributed by atoms with E-state index in [0.29, 0.717) is 5.82 Å². The van der Waals surface area contributed by atoms with E-state index in [4.69, 9.17) is 4.99 Å². The Balaban J connectivity index is 1.49. The van der Waals surface area contributed by atoms with Gasteiger partial charge < -0.3 is 20.4 Å². The molecule has 3 rings (SSSR count). The maximum absolute atomic E-state index is 14.0. The van der Waals surface area contributed by atoms with E-state index in [-0.39, 0.29) is 11.9 Å². The molecule has 0 amide bonds. The highest BCUT2D eigenvalue weighted by molar-refractivity contribution is 5.80. The third-order valence-electron chi connectivity index (χ3n) is 5.58. The number of rotatable bonds is 7. The minimum Gasteiger partial charge on any atom is -0.357 e. The average molecular weight is 377 g/mol. The molecule has 0 aromatic carbocycles. The van der Waals surface area contributed by atoms with Crippen molar-refractivity contribution in [2.75, 3.05) is 44.7 Å². The smallest absolute Gasteiger partial charge is 0.191 e. The van der Waals surface area contributed by atoms with E-state index in [2.05, 4.69) is 34.5 Å². The lowest BCUT2D eigenvalue weighted by atomic mass is 10.2. The lowest BCUT2D eigenvalue weighted by molar-refractivity contribution is 0.252. The van der Waals surface area contributed by atoms with Crippen molar-refractivity contribution < 1.29 is 4.39 Å². The van der Waals surface area contributed by atoms with Gasteiger partial charge in [0, 0.05) is 44.5 Å². The van der Waals surface area contributed by atoms with Gasteiger partial charge in [-0.15, -0.1) is 0 Å². The van der Waals surface area contributed by atoms with Crippen molar-refractivity contribution in [1.29, 1.82) is 0 Å². The van der Waals surface area contributed by atoms with Crippen molar-refractivity contribution in [3.05, 3.63) is 24.1 Å². The lowest BCUT2D eigenvalue weighted by Crippen LogP contribution is -2.45. The van der Waals surface area contributed by atoms with Gasteiger partial charge >= 0.3 is 0 Å². The molecule has 150 valence electrons. The van der Waals surface area contributed by atoms with Gasteiger partial charge in [-0.2, -0.15) is 0 Å². The van der Waals surface area contributed by atoms with Gasteiger partial charge in [-0.3, -0.25) is 4.99 Å². The molecule has 1 atom stereocenters. The van der Waals surface area contributed by atoms with Gasteiger partial charge in [0.05, 0.1) is 6.54 Å². The maximum Gasteiger partial charge on any atom is 0.191 e. The van der Waals surface area contributed by atoms with Gasteiger partial charge in [-0.25, -0.2) is 9.37 Å². The molecule has 0 spiro atoms. The van der Waals surface area contributed by atoms with Crippen molar-refractivity contribution in [2.24, 2.45) is 4.99 Å². The van der Waals surface area contributed by atoms with Crippen LogP contribution in [0.1, 0.15) is 39.0 Å². The number of aliphatic imine (C=N–C) groups is 1. The van der Waals surface area contributed by atoms with Crippen LogP contribution < -0.4 is 15.5 Å². The molecule has 0 bridgehead atoms. The second-order valence-corrected chi connectivity index (χ2v) is 7.56. The zero-order chi connectivity index (χ0) is 19.1. The van der Waals surface area contributed by atoms with Crippen LogP contribution in [-0.4, -0.2) is 67.7 Å². The molecule has 2 N–H and O–H groups in total. The second kappa shape index (κ2) is 9.88. The van der Waals surface area contributed by atoms with Crippen LogP contribution in [0.4, 0.5) is 10.2 Å². The summed E-state index contributed by atoms with van der Waals surface area (Å²) in [7, 11) is 2.21. The van der Waals surface area contributed by atoms with Crippen molar-refractivity contribution in [3.63, 3.8) is 0 Å². The SMILES string of the molecule is CCNC(=NCCN(C)C1CCCC1)NC1CCN(c2ncccc2F)C1. The standard InChI is InChI=1S/C20H33FN6/c1-3-22-20(24-12-14-26(2)17-7-4-5-8-17)25-16-10-13-27(15-16)19-18(21)9-6-11-23-19/h6,9,11,16-17H,3-5,7-8,10,12-15H2,1-2H3,(H2,22,24,25). The molecule has 1 unspecified atom stereocenters. The molecule has 6 nitrogen and oxygen atoms in total. The number of nitrogens with zero attached hydrogens (tertiary/aromatic N) is 4. The molecule has 2 heterocycles. The summed E-state index contributed by atoms with van der Waals surface area (Å²) in [6.07, 6.45) is 7.95. The van der Waals surface area contributed by atoms with Crippen LogP contribution in [-0.2, 0) is 0 Å². The van der Waals surface area contributed by atoms with E-state index in [1.54, 1.807) is 12.3 Å². The van der Waals surface area contributed by atoms with Gasteiger partial charge in [0.25, 0.3) is 0 Å². The zero-order valence-corrected chi connectivity index (χ0v) is 16.6. The number of guanidine groups is 1. The third-order valence-corrected chi connectivity index (χ3v) is 5.58. The molecule has 27 heavy (non-hydrogen) atoms. The summed E-state index contributed by atoms with van der Waals surface area (Å²) in [6, 6.07) is 4.07. The van der Waals surface area contributed by atoms with Gasteiger partial charge in [0.2, 0.25) is 0 Å². The molecule has 0 radical (unpaired) electrons. The number of anilines is 1. The summed E-state index contributed by atoms with van der Waals surface area (Å²) in [5, 5.41) is 6.84. The average Bonchev–Trinajstić information content (AvgIpc) is 3.34. The quantitative estimate of drug-likeness (QED) is 0.565. The molecular formula is C20H33FN6. The lowest BCUT2D eigenvalue weighted by Gasteiger charge is -2.23. The first-order valence-corrected chi connectivity index (χ1v) is 10.3. The number of likely N-dealkylation sites (N-methyl/N-ethyl adjacent to an activating group) is 1. The van der Waals surface area contributed by atoms with Crippen molar-refractivity contribution in [3.8, 4) is 0 Å². The van der Waals surface area contributed by atoms with Crippen LogP contribution in [0.25, 0.3) is 0 Å². The summed E-state index contributed by atoms with van der Waals surface area (Å²) >= 11 is 0. The Kier molecular flexibility index (Phi) is 7.26. The van der Waals surface area contributed by atoms with Gasteiger partial charge in [-0.1, -0.05) is 12.8 Å². The summed E-state index contributed by atoms with van der Waals surface area (Å²) in [6.45, 7) is 6.21. The number of aromatic nitrogens is 1. The Hall–Kier alpha value is -1.89. The maximum atomic E-state index is 14.0. The van der Waals surface area contributed by atoms with E-state index in [1.807, 2.05) is 4.90 Å². The fraction of sp³-hybridized carbons (Fsp3) is 0.700. The molecule has 1 aliphatic heterocycles. The number of halogens is 1. The van der Waals surface area contributed by atoms with E-state index < -0.39 is 0 Å². The van der Waals surface area contributed by atoms with Gasteiger partial charge in [-0.05, 0) is 45.4 Å². The molecule has 2 fully saturated rings. The predicted octanol–water partition coefficient (Wildman–Crippen LogP) is 2.23. The summed E-state index contributed by atoms with van der Waals surface area (Å²) in [4.78, 5) is 13.4. The van der Waals surface area contributed by atoms with Crippen LogP contribution >= 0.6 is 0 Å². The highest BCUT2D eigenvalue weighted by atomic mass is 19.1. The molecule has 1 saturated heterocycles. The number of nitrogens with one attached hydrogen (secondary N) is 2. The molecule has 1 aromatic heterocycles. The third kappa shape index (κ3) is 5.54. The van der Waals surface area contributed by atoms with E-state index in [1.165, 1.54) is 31.7 Å². The van der Waals surface area contributed by atoms with Crippen LogP contribution in [0.15, 0.2) is 23.3 Å². The molecular weight excluding hydrogens is 343 g/mol. The minimum absolute atomic E-state index is 0.247. The minimum atomic E-state index is -0.256. The van der Waals surface area contributed by atoms with E-state index >= 15 is 0 Å². The number of hydrogen-bond acceptors (Lipinski definition) is 4. The largest absolute Gasteiger partial charge is 0.357 e. The molecule has 7 heteroatoms. The van der Waals surface area contributed by atoms with Crippen LogP contribution in [0.2, 0.25) is 0 Å². The van der Waals surface area contributed by atoms with Crippen molar-refractivity contribution >= 4 is 11.8 Å². The molecule has 1 aliphatic carbocycles. The van der Waals surface area contributed by atoms with Gasteiger partial charge in [0.1, 0.15) is 0 Å². The summed E-state index contributed by atoms with van der Waals surface area (Å²) < 4.78 is 14.0. The first-order valence-electron chi connectivity index (χ1n) is 10.3. The summed E-state index contributed by atoms with van der Waals surface area (Å²) in [5.74, 6) is 1.04. The fourth-order valence-electron chi connectivity index (χ4n) is 4.04. The summed E-state index contributed by atoms with van der Waals surface area (Å²) in [5.41, 5.74) is 0. The first kappa shape index (κ1) is 19.9. The Morgan fingerprint density at radius 2 is 2.19 bits per heavy atom. The first-order chi connectivity index (χ1) is 13.2. The fourth-order valence-corrected chi connectivity index (χ4v) is 4.04. The van der Waals surface area contributed by atoms with E-state index in [0.717, 1.165) is 51.1 Å². The molecule has 1 saturated carbocycles.